The minimum atomic E-state index is -1.15. The summed E-state index contributed by atoms with van der Waals surface area (Å²) in [4.78, 5) is 104. The van der Waals surface area contributed by atoms with Crippen molar-refractivity contribution < 1.29 is 33.6 Å². The number of nitrogens with zero attached hydrogens (tertiary/aromatic N) is 3. The quantitative estimate of drug-likeness (QED) is 0.0379. The number of piperidine rings is 1. The van der Waals surface area contributed by atoms with Gasteiger partial charge in [-0.2, -0.15) is 0 Å². The lowest BCUT2D eigenvalue weighted by Gasteiger charge is -2.38. The van der Waals surface area contributed by atoms with Gasteiger partial charge in [-0.3, -0.25) is 43.5 Å². The Balaban J connectivity index is 1.47. The fraction of sp³-hybridized carbons (Fsp3) is 0.625. The fourth-order valence-corrected chi connectivity index (χ4v) is 9.53. The molecule has 0 bridgehead atoms. The highest BCUT2D eigenvalue weighted by atomic mass is 35.5. The van der Waals surface area contributed by atoms with E-state index in [1.165, 1.54) is 23.6 Å². The number of benzene rings is 1. The number of aliphatic imine (C=N–C) groups is 2. The molecule has 2 heterocycles. The van der Waals surface area contributed by atoms with Gasteiger partial charge in [0.25, 0.3) is 0 Å². The van der Waals surface area contributed by atoms with Crippen LogP contribution in [0.15, 0.2) is 34.3 Å². The van der Waals surface area contributed by atoms with Crippen LogP contribution in [0, 0.1) is 5.92 Å². The predicted octanol–water partition coefficient (Wildman–Crippen LogP) is -1.05. The van der Waals surface area contributed by atoms with Gasteiger partial charge in [-0.05, 0) is 68.6 Å². The van der Waals surface area contributed by atoms with E-state index in [4.69, 9.17) is 40.3 Å². The van der Waals surface area contributed by atoms with Gasteiger partial charge in [-0.1, -0.05) is 55.8 Å². The molecule has 20 nitrogen and oxygen atoms in total. The minimum absolute atomic E-state index is 0.0744. The molecular weight excluding hydrogens is 842 g/mol. The molecule has 342 valence electrons. The number of carbonyl (C=O) groups is 7. The van der Waals surface area contributed by atoms with E-state index in [0.29, 0.717) is 36.3 Å². The van der Waals surface area contributed by atoms with Gasteiger partial charge >= 0.3 is 0 Å². The number of halogens is 1. The zero-order valence-electron chi connectivity index (χ0n) is 35.1. The standard InChI is InChI=1S/C40H62ClN13O7S/c1-22(55)49-26(9-5-17-47-39(43)44)34(57)53-30(20-23-7-3-2-4-8-23)36(59)51-28-15-16-32-54(38(28)61)31(21-62-32)37(60)50-27(10-6-18-48-40(45)46)35(58)52-29(33(42)56)19-24-11-13-25(41)14-12-24/h11-14,23,26-32H,2-10,15-21H2,1H3,(H2,42,56)(H,49,55)(H,50,60)(H,51,59)(H,52,58)(H,53,57)(H4,43,44,47)(H4,45,46,48)/t26-,27+,28-,29+,30+,31-,32-/m0/s1. The first-order chi connectivity index (χ1) is 29.5. The average Bonchev–Trinajstić information content (AvgIpc) is 3.66. The first-order valence-electron chi connectivity index (χ1n) is 21.1. The first kappa shape index (κ1) is 49.3. The molecule has 15 N–H and O–H groups in total. The van der Waals surface area contributed by atoms with E-state index in [2.05, 4.69) is 36.6 Å². The molecule has 4 rings (SSSR count). The van der Waals surface area contributed by atoms with Crippen molar-refractivity contribution in [3.05, 3.63) is 34.9 Å². The maximum absolute atomic E-state index is 14.2. The van der Waals surface area contributed by atoms with Crippen LogP contribution >= 0.6 is 23.4 Å². The number of fused-ring (bicyclic) bond motifs is 1. The van der Waals surface area contributed by atoms with Crippen LogP contribution in [0.3, 0.4) is 0 Å². The van der Waals surface area contributed by atoms with Crippen LogP contribution in [0.1, 0.15) is 89.5 Å². The zero-order chi connectivity index (χ0) is 45.3. The molecule has 7 atom stereocenters. The topological polar surface area (TPSA) is 338 Å². The van der Waals surface area contributed by atoms with Crippen molar-refractivity contribution in [3.63, 3.8) is 0 Å². The lowest BCUT2D eigenvalue weighted by atomic mass is 9.84. The monoisotopic (exact) mass is 903 g/mol. The molecular formula is C40H62ClN13O7S. The summed E-state index contributed by atoms with van der Waals surface area (Å²) in [6.45, 7) is 1.70. The Kier molecular flexibility index (Phi) is 19.4. The number of nitrogens with two attached hydrogens (primary N) is 5. The van der Waals surface area contributed by atoms with Gasteiger partial charge in [0.1, 0.15) is 36.3 Å². The number of amides is 7. The molecule has 1 aromatic rings. The van der Waals surface area contributed by atoms with Gasteiger partial charge in [-0.15, -0.1) is 11.8 Å². The van der Waals surface area contributed by atoms with Crippen LogP contribution in [0.4, 0.5) is 0 Å². The van der Waals surface area contributed by atoms with Crippen molar-refractivity contribution in [2.45, 2.75) is 132 Å². The SMILES string of the molecule is CC(=O)N[C@@H](CCCN=C(N)N)C(=O)N[C@H](CC1CCCCC1)C(=O)N[C@H]1CC[C@@H]2SC[C@@H](C(=O)N[C@H](CCCN=C(N)N)C(=O)N[C@H](Cc3ccc(Cl)cc3)C(N)=O)N2C1=O. The molecule has 1 saturated carbocycles. The summed E-state index contributed by atoms with van der Waals surface area (Å²) in [7, 11) is 0. The van der Waals surface area contributed by atoms with E-state index < -0.39 is 77.6 Å². The molecule has 3 aliphatic rings. The highest BCUT2D eigenvalue weighted by Crippen LogP contribution is 2.37. The second-order valence-electron chi connectivity index (χ2n) is 16.0. The van der Waals surface area contributed by atoms with Crippen molar-refractivity contribution in [2.24, 2.45) is 44.6 Å². The summed E-state index contributed by atoms with van der Waals surface area (Å²) < 4.78 is 0. The second kappa shape index (κ2) is 24.4. The summed E-state index contributed by atoms with van der Waals surface area (Å²) in [5, 5.41) is 14.0. The summed E-state index contributed by atoms with van der Waals surface area (Å²) in [6, 6.07) is 0.505. The van der Waals surface area contributed by atoms with Crippen molar-refractivity contribution >= 4 is 76.6 Å². The lowest BCUT2D eigenvalue weighted by Crippen LogP contribution is -2.62. The summed E-state index contributed by atoms with van der Waals surface area (Å²) in [5.41, 5.74) is 28.2. The van der Waals surface area contributed by atoms with Gasteiger partial charge in [0.05, 0.1) is 5.37 Å². The highest BCUT2D eigenvalue weighted by molar-refractivity contribution is 8.00. The maximum atomic E-state index is 14.2. The number of thioether (sulfide) groups is 1. The van der Waals surface area contributed by atoms with Crippen molar-refractivity contribution in [1.29, 1.82) is 0 Å². The Morgan fingerprint density at radius 3 is 1.90 bits per heavy atom. The average molecular weight is 905 g/mol. The lowest BCUT2D eigenvalue weighted by molar-refractivity contribution is -0.146. The molecule has 2 aliphatic heterocycles. The van der Waals surface area contributed by atoms with E-state index in [1.807, 2.05) is 0 Å². The molecule has 62 heavy (non-hydrogen) atoms. The predicted molar refractivity (Wildman–Crippen MR) is 237 cm³/mol. The van der Waals surface area contributed by atoms with Gasteiger partial charge in [-0.25, -0.2) is 0 Å². The van der Waals surface area contributed by atoms with Crippen LogP contribution in [0.5, 0.6) is 0 Å². The van der Waals surface area contributed by atoms with Crippen LogP contribution in [-0.4, -0.2) is 119 Å². The van der Waals surface area contributed by atoms with Crippen LogP contribution in [-0.2, 0) is 40.0 Å². The Hall–Kier alpha value is -5.31. The minimum Gasteiger partial charge on any atom is -0.370 e. The molecule has 1 aromatic carbocycles. The van der Waals surface area contributed by atoms with Crippen LogP contribution in [0.2, 0.25) is 5.02 Å². The normalized spacial score (nSPS) is 20.6. The number of primary amides is 1. The first-order valence-corrected chi connectivity index (χ1v) is 22.5. The third-order valence-electron chi connectivity index (χ3n) is 11.1. The molecule has 0 unspecified atom stereocenters. The maximum Gasteiger partial charge on any atom is 0.246 e. The smallest absolute Gasteiger partial charge is 0.246 e. The third-order valence-corrected chi connectivity index (χ3v) is 12.7. The molecule has 0 aromatic heterocycles. The molecule has 0 radical (unpaired) electrons. The number of guanidine groups is 2. The van der Waals surface area contributed by atoms with Gasteiger partial charge in [0.2, 0.25) is 41.4 Å². The van der Waals surface area contributed by atoms with E-state index in [1.54, 1.807) is 24.3 Å². The Morgan fingerprint density at radius 1 is 0.758 bits per heavy atom. The van der Waals surface area contributed by atoms with Crippen LogP contribution in [0.25, 0.3) is 0 Å². The van der Waals surface area contributed by atoms with E-state index in [-0.39, 0.29) is 67.7 Å². The largest absolute Gasteiger partial charge is 0.370 e. The number of nitrogens with one attached hydrogen (secondary N) is 5. The number of carbonyl (C=O) groups excluding carboxylic acids is 7. The van der Waals surface area contributed by atoms with Gasteiger partial charge < -0.3 is 60.2 Å². The summed E-state index contributed by atoms with van der Waals surface area (Å²) in [5.74, 6) is -3.87. The van der Waals surface area contributed by atoms with Crippen molar-refractivity contribution in [1.82, 2.24) is 31.5 Å². The Bertz CT molecular complexity index is 1810. The van der Waals surface area contributed by atoms with E-state index in [9.17, 15) is 33.6 Å². The summed E-state index contributed by atoms with van der Waals surface area (Å²) >= 11 is 7.43. The van der Waals surface area contributed by atoms with E-state index >= 15 is 0 Å². The summed E-state index contributed by atoms with van der Waals surface area (Å²) in [6.07, 6.45) is 7.02. The van der Waals surface area contributed by atoms with Crippen molar-refractivity contribution in [2.75, 3.05) is 18.8 Å². The molecule has 0 spiro atoms. The van der Waals surface area contributed by atoms with Crippen LogP contribution < -0.4 is 55.3 Å². The molecule has 1 aliphatic carbocycles. The third kappa shape index (κ3) is 15.5. The number of hydrogen-bond donors (Lipinski definition) is 10. The number of hydrogen-bond acceptors (Lipinski definition) is 10. The Labute approximate surface area is 370 Å². The molecule has 7 amide bonds. The second-order valence-corrected chi connectivity index (χ2v) is 17.6. The number of rotatable bonds is 22. The highest BCUT2D eigenvalue weighted by Gasteiger charge is 2.48. The molecule has 3 fully saturated rings. The van der Waals surface area contributed by atoms with Gasteiger partial charge in [0.15, 0.2) is 11.9 Å². The van der Waals surface area contributed by atoms with E-state index in [0.717, 1.165) is 32.1 Å². The Morgan fingerprint density at radius 2 is 1.34 bits per heavy atom. The fourth-order valence-electron chi connectivity index (χ4n) is 7.97. The van der Waals surface area contributed by atoms with Gasteiger partial charge in [0, 0.05) is 37.2 Å². The molecule has 22 heteroatoms. The zero-order valence-corrected chi connectivity index (χ0v) is 36.7. The molecule has 2 saturated heterocycles. The van der Waals surface area contributed by atoms with Crippen molar-refractivity contribution in [3.8, 4) is 0 Å².